The van der Waals surface area contributed by atoms with Crippen molar-refractivity contribution in [3.63, 3.8) is 0 Å². The molecule has 0 aromatic carbocycles. The van der Waals surface area contributed by atoms with E-state index < -0.39 is 0 Å². The Morgan fingerprint density at radius 3 is 0.714 bits per heavy atom. The lowest BCUT2D eigenvalue weighted by Crippen LogP contribution is -2.42. The van der Waals surface area contributed by atoms with E-state index in [-0.39, 0.29) is 0 Å². The van der Waals surface area contributed by atoms with Crippen molar-refractivity contribution in [1.82, 2.24) is 24.2 Å². The first-order valence-corrected chi connectivity index (χ1v) is 14.8. The van der Waals surface area contributed by atoms with E-state index in [9.17, 15) is 0 Å². The van der Waals surface area contributed by atoms with Gasteiger partial charge in [-0.1, -0.05) is 61.8 Å². The van der Waals surface area contributed by atoms with E-state index in [0.717, 1.165) is 0 Å². The van der Waals surface area contributed by atoms with Crippen LogP contribution in [-0.4, -0.2) is 105 Å². The molecule has 4 heterocycles. The van der Waals surface area contributed by atoms with E-state index in [4.69, 9.17) is 0 Å². The van der Waals surface area contributed by atoms with E-state index >= 15 is 0 Å². The maximum Gasteiger partial charge on any atom is 0.0107 e. The molecule has 4 rings (SSSR count). The highest BCUT2D eigenvalue weighted by Crippen LogP contribution is 2.04. The summed E-state index contributed by atoms with van der Waals surface area (Å²) in [6.45, 7) is 26.2. The van der Waals surface area contributed by atoms with Crippen molar-refractivity contribution in [2.75, 3.05) is 80.5 Å². The quantitative estimate of drug-likeness (QED) is 0.390. The monoisotopic (exact) mass is 500 g/mol. The molecule has 3 aliphatic heterocycles. The minimum absolute atomic E-state index is 1.23. The second-order valence-electron chi connectivity index (χ2n) is 8.33. The van der Waals surface area contributed by atoms with E-state index in [1.165, 1.54) is 84.5 Å². The first-order chi connectivity index (χ1) is 17.0. The summed E-state index contributed by atoms with van der Waals surface area (Å²) in [6.07, 6.45) is 11.1. The molecule has 0 saturated carbocycles. The smallest absolute Gasteiger partial charge is 0.0107 e. The van der Waals surface area contributed by atoms with E-state index in [2.05, 4.69) is 47.8 Å². The summed E-state index contributed by atoms with van der Waals surface area (Å²) in [4.78, 5) is 9.48. The molecule has 5 heteroatoms. The zero-order valence-corrected chi connectivity index (χ0v) is 26.7. The van der Waals surface area contributed by atoms with Gasteiger partial charge in [0, 0.05) is 45.6 Å². The van der Waals surface area contributed by atoms with Crippen LogP contribution in [0.15, 0.2) is 24.5 Å². The van der Waals surface area contributed by atoms with Crippen LogP contribution in [0.1, 0.15) is 87.5 Å². The van der Waals surface area contributed by atoms with Gasteiger partial charge in [-0.3, -0.25) is 0 Å². The molecule has 3 aliphatic rings. The van der Waals surface area contributed by atoms with Crippen molar-refractivity contribution in [2.24, 2.45) is 7.05 Å². The number of piperidine rings is 1. The van der Waals surface area contributed by atoms with Gasteiger partial charge in [-0.05, 0) is 92.2 Å². The SMILES string of the molecule is CC.CC.CC.CC.CN1CCCC1.CN1CCCCC1.CN1CCN(C)CC1.Cn1cccc1. The van der Waals surface area contributed by atoms with Crippen molar-refractivity contribution >= 4 is 0 Å². The Morgan fingerprint density at radius 1 is 0.343 bits per heavy atom. The van der Waals surface area contributed by atoms with Crippen LogP contribution in [0.3, 0.4) is 0 Å². The highest BCUT2D eigenvalue weighted by molar-refractivity contribution is 4.88. The summed E-state index contributed by atoms with van der Waals surface area (Å²) >= 11 is 0. The molecule has 0 bridgehead atoms. The highest BCUT2D eigenvalue weighted by atomic mass is 15.2. The van der Waals surface area contributed by atoms with Gasteiger partial charge in [-0.25, -0.2) is 0 Å². The van der Waals surface area contributed by atoms with Crippen molar-refractivity contribution in [1.29, 1.82) is 0 Å². The predicted molar refractivity (Wildman–Crippen MR) is 164 cm³/mol. The van der Waals surface area contributed by atoms with Gasteiger partial charge in [0.05, 0.1) is 0 Å². The van der Waals surface area contributed by atoms with E-state index in [1.54, 1.807) is 0 Å². The van der Waals surface area contributed by atoms with Crippen LogP contribution in [-0.2, 0) is 7.05 Å². The number of hydrogen-bond acceptors (Lipinski definition) is 4. The van der Waals surface area contributed by atoms with Gasteiger partial charge in [0.2, 0.25) is 0 Å². The van der Waals surface area contributed by atoms with Crippen molar-refractivity contribution in [3.8, 4) is 0 Å². The molecule has 1 aromatic rings. The second-order valence-corrected chi connectivity index (χ2v) is 8.33. The lowest BCUT2D eigenvalue weighted by molar-refractivity contribution is 0.181. The van der Waals surface area contributed by atoms with Gasteiger partial charge in [0.1, 0.15) is 0 Å². The third kappa shape index (κ3) is 33.1. The van der Waals surface area contributed by atoms with Gasteiger partial charge >= 0.3 is 0 Å². The number of aromatic nitrogens is 1. The molecule has 3 fully saturated rings. The number of hydrogen-bond donors (Lipinski definition) is 0. The third-order valence-electron chi connectivity index (χ3n) is 5.39. The molecule has 35 heavy (non-hydrogen) atoms. The minimum Gasteiger partial charge on any atom is -0.357 e. The van der Waals surface area contributed by atoms with Gasteiger partial charge < -0.3 is 24.2 Å². The average molecular weight is 500 g/mol. The lowest BCUT2D eigenvalue weighted by Gasteiger charge is -2.28. The Balaban J connectivity index is -0.000000168. The number of nitrogens with zero attached hydrogens (tertiary/aromatic N) is 5. The van der Waals surface area contributed by atoms with E-state index in [0.29, 0.717) is 0 Å². The number of likely N-dealkylation sites (tertiary alicyclic amines) is 2. The maximum atomic E-state index is 2.39. The first kappa shape index (κ1) is 41.3. The molecule has 0 spiro atoms. The summed E-state index contributed by atoms with van der Waals surface area (Å²) in [5, 5.41) is 0. The van der Waals surface area contributed by atoms with Crippen LogP contribution >= 0.6 is 0 Å². The summed E-state index contributed by atoms with van der Waals surface area (Å²) in [7, 11) is 10.7. The Hall–Kier alpha value is -0.880. The summed E-state index contributed by atoms with van der Waals surface area (Å²) in [5.74, 6) is 0. The Labute approximate surface area is 223 Å². The number of rotatable bonds is 0. The largest absolute Gasteiger partial charge is 0.357 e. The fourth-order valence-electron chi connectivity index (χ4n) is 3.25. The molecule has 3 saturated heterocycles. The molecule has 0 unspecified atom stereocenters. The van der Waals surface area contributed by atoms with Crippen LogP contribution in [0.5, 0.6) is 0 Å². The van der Waals surface area contributed by atoms with Gasteiger partial charge in [-0.2, -0.15) is 0 Å². The number of piperazine rings is 1. The van der Waals surface area contributed by atoms with E-state index in [1.807, 2.05) is 91.5 Å². The third-order valence-corrected chi connectivity index (χ3v) is 5.39. The highest BCUT2D eigenvalue weighted by Gasteiger charge is 2.07. The molecular weight excluding hydrogens is 430 g/mol. The summed E-state index contributed by atoms with van der Waals surface area (Å²) < 4.78 is 2.00. The van der Waals surface area contributed by atoms with Crippen molar-refractivity contribution < 1.29 is 0 Å². The molecule has 5 nitrogen and oxygen atoms in total. The number of aryl methyl sites for hydroxylation is 1. The van der Waals surface area contributed by atoms with Crippen molar-refractivity contribution in [3.05, 3.63) is 24.5 Å². The van der Waals surface area contributed by atoms with Crippen LogP contribution in [0.25, 0.3) is 0 Å². The Morgan fingerprint density at radius 2 is 0.571 bits per heavy atom. The molecule has 0 radical (unpaired) electrons. The minimum atomic E-state index is 1.23. The second kappa shape index (κ2) is 35.3. The summed E-state index contributed by atoms with van der Waals surface area (Å²) in [6, 6.07) is 4.00. The molecular formula is C30H69N5. The van der Waals surface area contributed by atoms with Crippen LogP contribution in [0, 0.1) is 0 Å². The van der Waals surface area contributed by atoms with Gasteiger partial charge in [0.25, 0.3) is 0 Å². The van der Waals surface area contributed by atoms with Crippen LogP contribution < -0.4 is 0 Å². The van der Waals surface area contributed by atoms with Gasteiger partial charge in [-0.15, -0.1) is 0 Å². The van der Waals surface area contributed by atoms with Gasteiger partial charge in [0.15, 0.2) is 0 Å². The molecule has 1 aromatic heterocycles. The van der Waals surface area contributed by atoms with Crippen LogP contribution in [0.4, 0.5) is 0 Å². The fourth-order valence-corrected chi connectivity index (χ4v) is 3.25. The predicted octanol–water partition coefficient (Wildman–Crippen LogP) is 6.81. The Bertz CT molecular complexity index is 406. The van der Waals surface area contributed by atoms with Crippen molar-refractivity contribution in [2.45, 2.75) is 87.5 Å². The molecule has 0 N–H and O–H groups in total. The number of likely N-dealkylation sites (N-methyl/N-ethyl adjacent to an activating group) is 2. The Kier molecular flexibility index (Phi) is 41.6. The van der Waals surface area contributed by atoms with Crippen LogP contribution in [0.2, 0.25) is 0 Å². The topological polar surface area (TPSA) is 17.9 Å². The fraction of sp³-hybridized carbons (Fsp3) is 0.867. The maximum absolute atomic E-state index is 2.39. The molecule has 0 amide bonds. The molecule has 0 aliphatic carbocycles. The summed E-state index contributed by atoms with van der Waals surface area (Å²) in [5.41, 5.74) is 0. The standard InChI is InChI=1S/C6H14N2.C6H13N.C5H11N.C5H7N.4C2H6/c1-7-3-5-8(2)6-4-7;1-7-5-3-2-4-6-7;2*1-6-4-2-3-5-6;4*1-2/h3-6H2,1-2H3;2-6H2,1H3;2-5H2,1H3;2-5H,1H3;4*1-2H3. The average Bonchev–Trinajstić information content (AvgIpc) is 3.61. The normalized spacial score (nSPS) is 17.6. The molecule has 214 valence electrons. The zero-order valence-electron chi connectivity index (χ0n) is 26.7. The molecule has 0 atom stereocenters. The first-order valence-electron chi connectivity index (χ1n) is 14.8. The lowest BCUT2D eigenvalue weighted by atomic mass is 10.1. The zero-order chi connectivity index (χ0) is 27.9.